The van der Waals surface area contributed by atoms with Gasteiger partial charge >= 0.3 is 0 Å². The number of methoxy groups -OCH3 is 1. The van der Waals surface area contributed by atoms with Gasteiger partial charge in [0.15, 0.2) is 17.4 Å². The van der Waals surface area contributed by atoms with E-state index in [4.69, 9.17) is 21.3 Å². The van der Waals surface area contributed by atoms with Crippen LogP contribution in [0.2, 0.25) is 0 Å². The first-order chi connectivity index (χ1) is 13.3. The van der Waals surface area contributed by atoms with Crippen molar-refractivity contribution in [3.05, 3.63) is 41.7 Å². The topological polar surface area (TPSA) is 117 Å². The number of ether oxygens (including phenoxy) is 1. The van der Waals surface area contributed by atoms with Crippen LogP contribution in [0.15, 0.2) is 24.5 Å². The molecule has 0 aliphatic rings. The number of anilines is 2. The van der Waals surface area contributed by atoms with Gasteiger partial charge in [-0.05, 0) is 12.1 Å². The van der Waals surface area contributed by atoms with Gasteiger partial charge in [0.05, 0.1) is 19.4 Å². The lowest BCUT2D eigenvalue weighted by Crippen LogP contribution is -1.98. The average Bonchev–Trinajstić information content (AvgIpc) is 3.18. The van der Waals surface area contributed by atoms with Crippen LogP contribution in [0.1, 0.15) is 5.56 Å². The zero-order valence-electron chi connectivity index (χ0n) is 15.6. The molecule has 0 fully saturated rings. The Morgan fingerprint density at radius 2 is 1.46 bits per heavy atom. The van der Waals surface area contributed by atoms with Gasteiger partial charge < -0.3 is 21.3 Å². The highest BCUT2D eigenvalue weighted by Crippen LogP contribution is 2.31. The molecule has 2 heterocycles. The SMILES string of the molecule is COc1c(N)cc2cn(C)nc2c1F.Cn1cc2cc(N)c(CO)c(F)c2n1. The number of halogens is 2. The summed E-state index contributed by atoms with van der Waals surface area (Å²) in [6.07, 6.45) is 3.38. The Kier molecular flexibility index (Phi) is 5.06. The Bertz CT molecular complexity index is 1080. The van der Waals surface area contributed by atoms with Gasteiger partial charge in [0.2, 0.25) is 0 Å². The Balaban J connectivity index is 0.000000161. The summed E-state index contributed by atoms with van der Waals surface area (Å²) >= 11 is 0. The van der Waals surface area contributed by atoms with Crippen LogP contribution in [-0.2, 0) is 20.7 Å². The zero-order chi connectivity index (χ0) is 20.6. The number of nitrogens with zero attached hydrogens (tertiary/aromatic N) is 4. The minimum absolute atomic E-state index is 0.0520. The summed E-state index contributed by atoms with van der Waals surface area (Å²) in [4.78, 5) is 0. The van der Waals surface area contributed by atoms with E-state index < -0.39 is 18.2 Å². The summed E-state index contributed by atoms with van der Waals surface area (Å²) in [6.45, 7) is -0.413. The molecule has 0 aliphatic heterocycles. The molecule has 10 heteroatoms. The molecule has 148 valence electrons. The summed E-state index contributed by atoms with van der Waals surface area (Å²) in [5.41, 5.74) is 12.3. The van der Waals surface area contributed by atoms with Crippen molar-refractivity contribution >= 4 is 33.2 Å². The van der Waals surface area contributed by atoms with E-state index in [1.807, 2.05) is 0 Å². The van der Waals surface area contributed by atoms with Crippen LogP contribution in [-0.4, -0.2) is 31.8 Å². The van der Waals surface area contributed by atoms with Gasteiger partial charge in [-0.2, -0.15) is 10.2 Å². The molecule has 0 radical (unpaired) electrons. The van der Waals surface area contributed by atoms with Crippen molar-refractivity contribution in [2.75, 3.05) is 18.6 Å². The molecule has 0 unspecified atom stereocenters. The van der Waals surface area contributed by atoms with E-state index in [0.717, 1.165) is 0 Å². The molecule has 5 N–H and O–H groups in total. The van der Waals surface area contributed by atoms with Crippen molar-refractivity contribution < 1.29 is 18.6 Å². The number of nitrogen functional groups attached to an aromatic ring is 2. The highest BCUT2D eigenvalue weighted by atomic mass is 19.1. The molecule has 0 bridgehead atoms. The number of aliphatic hydroxyl groups is 1. The van der Waals surface area contributed by atoms with Gasteiger partial charge in [-0.1, -0.05) is 0 Å². The van der Waals surface area contributed by atoms with Crippen LogP contribution in [0.3, 0.4) is 0 Å². The monoisotopic (exact) mass is 390 g/mol. The number of rotatable bonds is 2. The highest BCUT2D eigenvalue weighted by molar-refractivity contribution is 5.85. The lowest BCUT2D eigenvalue weighted by atomic mass is 10.1. The molecule has 0 saturated carbocycles. The first-order valence-electron chi connectivity index (χ1n) is 8.23. The van der Waals surface area contributed by atoms with E-state index in [1.54, 1.807) is 38.6 Å². The molecule has 0 spiro atoms. The molecule has 4 rings (SSSR count). The predicted molar refractivity (Wildman–Crippen MR) is 103 cm³/mol. The molecule has 2 aromatic heterocycles. The molecular formula is C18H20F2N6O2. The first-order valence-corrected chi connectivity index (χ1v) is 8.23. The second-order valence-corrected chi connectivity index (χ2v) is 6.21. The third kappa shape index (κ3) is 3.29. The van der Waals surface area contributed by atoms with E-state index in [9.17, 15) is 8.78 Å². The Morgan fingerprint density at radius 1 is 0.964 bits per heavy atom. The minimum atomic E-state index is -0.539. The molecule has 8 nitrogen and oxygen atoms in total. The van der Waals surface area contributed by atoms with E-state index in [-0.39, 0.29) is 33.7 Å². The lowest BCUT2D eigenvalue weighted by molar-refractivity contribution is 0.277. The minimum Gasteiger partial charge on any atom is -0.492 e. The van der Waals surface area contributed by atoms with Crippen LogP contribution in [0.5, 0.6) is 5.75 Å². The van der Waals surface area contributed by atoms with Crippen LogP contribution in [0, 0.1) is 11.6 Å². The second-order valence-electron chi connectivity index (χ2n) is 6.21. The number of hydrogen-bond donors (Lipinski definition) is 3. The normalized spacial score (nSPS) is 10.9. The average molecular weight is 390 g/mol. The summed E-state index contributed by atoms with van der Waals surface area (Å²) in [6, 6.07) is 3.25. The fraction of sp³-hybridized carbons (Fsp3) is 0.222. The molecule has 0 atom stereocenters. The summed E-state index contributed by atoms with van der Waals surface area (Å²) < 4.78 is 35.2. The van der Waals surface area contributed by atoms with Crippen molar-refractivity contribution in [2.45, 2.75) is 6.61 Å². The maximum Gasteiger partial charge on any atom is 0.195 e. The smallest absolute Gasteiger partial charge is 0.195 e. The third-order valence-corrected chi connectivity index (χ3v) is 4.19. The van der Waals surface area contributed by atoms with Crippen LogP contribution in [0.25, 0.3) is 21.8 Å². The van der Waals surface area contributed by atoms with Gasteiger partial charge in [-0.15, -0.1) is 0 Å². The van der Waals surface area contributed by atoms with Crippen LogP contribution < -0.4 is 16.2 Å². The van der Waals surface area contributed by atoms with Gasteiger partial charge in [-0.3, -0.25) is 9.36 Å². The van der Waals surface area contributed by atoms with Crippen molar-refractivity contribution in [3.63, 3.8) is 0 Å². The maximum absolute atomic E-state index is 13.7. The van der Waals surface area contributed by atoms with E-state index in [0.29, 0.717) is 10.8 Å². The maximum atomic E-state index is 13.7. The predicted octanol–water partition coefficient (Wildman–Crippen LogP) is 2.09. The van der Waals surface area contributed by atoms with Crippen molar-refractivity contribution in [3.8, 4) is 5.75 Å². The molecular weight excluding hydrogens is 370 g/mol. The molecule has 28 heavy (non-hydrogen) atoms. The van der Waals surface area contributed by atoms with E-state index in [1.165, 1.54) is 16.5 Å². The highest BCUT2D eigenvalue weighted by Gasteiger charge is 2.15. The van der Waals surface area contributed by atoms with Gasteiger partial charge in [0.25, 0.3) is 0 Å². The number of benzene rings is 2. The van der Waals surface area contributed by atoms with Crippen LogP contribution in [0.4, 0.5) is 20.2 Å². The van der Waals surface area contributed by atoms with Gasteiger partial charge in [-0.25, -0.2) is 8.78 Å². The molecule has 4 aromatic rings. The largest absolute Gasteiger partial charge is 0.492 e. The fourth-order valence-corrected chi connectivity index (χ4v) is 2.93. The number of fused-ring (bicyclic) bond motifs is 2. The van der Waals surface area contributed by atoms with Crippen molar-refractivity contribution in [1.29, 1.82) is 0 Å². The summed E-state index contributed by atoms with van der Waals surface area (Å²) in [5, 5.41) is 18.1. The molecule has 0 saturated heterocycles. The summed E-state index contributed by atoms with van der Waals surface area (Å²) in [7, 11) is 4.81. The van der Waals surface area contributed by atoms with Gasteiger partial charge in [0.1, 0.15) is 11.0 Å². The van der Waals surface area contributed by atoms with Gasteiger partial charge in [0, 0.05) is 48.5 Å². The number of aromatic nitrogens is 4. The fourth-order valence-electron chi connectivity index (χ4n) is 2.93. The number of hydrogen-bond acceptors (Lipinski definition) is 6. The Labute approximate surface area is 158 Å². The third-order valence-electron chi connectivity index (χ3n) is 4.19. The first kappa shape index (κ1) is 19.4. The molecule has 0 aliphatic carbocycles. The lowest BCUT2D eigenvalue weighted by Gasteiger charge is -2.04. The number of nitrogens with two attached hydrogens (primary N) is 2. The number of aliphatic hydroxyl groups excluding tert-OH is 1. The second kappa shape index (κ2) is 7.31. The van der Waals surface area contributed by atoms with Crippen molar-refractivity contribution in [1.82, 2.24) is 19.6 Å². The summed E-state index contributed by atoms with van der Waals surface area (Å²) in [5.74, 6) is -0.998. The molecule has 0 amide bonds. The standard InChI is InChI=1S/2C9H10FN3O/c1-13-4-5-3-6(11)9(14-2)7(10)8(5)12-13;1-13-3-5-2-7(11)6(4-14)8(10)9(5)12-13/h3-4H,11H2,1-2H3;2-3,14H,4,11H2,1H3. The number of aryl methyl sites for hydroxylation is 2. The molecule has 2 aromatic carbocycles. The quantitative estimate of drug-likeness (QED) is 0.451. The zero-order valence-corrected chi connectivity index (χ0v) is 15.6. The van der Waals surface area contributed by atoms with E-state index in [2.05, 4.69) is 10.2 Å². The van der Waals surface area contributed by atoms with E-state index >= 15 is 0 Å². The van der Waals surface area contributed by atoms with Crippen LogP contribution >= 0.6 is 0 Å². The van der Waals surface area contributed by atoms with Crippen molar-refractivity contribution in [2.24, 2.45) is 14.1 Å². The Morgan fingerprint density at radius 3 is 1.96 bits per heavy atom. The Hall–Kier alpha value is -3.40.